The van der Waals surface area contributed by atoms with Crippen molar-refractivity contribution >= 4 is 5.69 Å². The van der Waals surface area contributed by atoms with Crippen molar-refractivity contribution in [2.24, 2.45) is 11.1 Å². The summed E-state index contributed by atoms with van der Waals surface area (Å²) in [6.07, 6.45) is 7.47. The van der Waals surface area contributed by atoms with Crippen LogP contribution in [0.1, 0.15) is 46.0 Å². The molecule has 1 saturated heterocycles. The van der Waals surface area contributed by atoms with Gasteiger partial charge in [0.2, 0.25) is 0 Å². The van der Waals surface area contributed by atoms with Crippen LogP contribution >= 0.6 is 0 Å². The van der Waals surface area contributed by atoms with Gasteiger partial charge >= 0.3 is 0 Å². The zero-order valence-corrected chi connectivity index (χ0v) is 13.3. The number of nitrogens with zero attached hydrogens (tertiary/aromatic N) is 3. The van der Waals surface area contributed by atoms with Crippen molar-refractivity contribution in [3.63, 3.8) is 0 Å². The number of hydrogen-bond acceptors (Lipinski definition) is 4. The molecule has 0 radical (unpaired) electrons. The van der Waals surface area contributed by atoms with E-state index in [0.29, 0.717) is 13.1 Å². The fraction of sp³-hybridized carbons (Fsp3) is 0.750. The molecule has 2 rings (SSSR count). The smallest absolute Gasteiger partial charge is 0.268 e. The molecule has 21 heavy (non-hydrogen) atoms. The summed E-state index contributed by atoms with van der Waals surface area (Å²) in [6.45, 7) is 7.72. The molecule has 2 N–H and O–H groups in total. The molecule has 0 bridgehead atoms. The summed E-state index contributed by atoms with van der Waals surface area (Å²) < 4.78 is 1.57. The predicted octanol–water partition coefficient (Wildman–Crippen LogP) is 2.00. The standard InChI is InChI=1S/C16H28N4O/c1-16(2,13-17)7-6-10-20-15(21)11-14(12-18-20)19-8-4-3-5-9-19/h11-12H,3-10,13,17H2,1-2H3. The molecule has 1 fully saturated rings. The lowest BCUT2D eigenvalue weighted by Crippen LogP contribution is -2.32. The molecule has 1 aromatic rings. The molecule has 5 heteroatoms. The summed E-state index contributed by atoms with van der Waals surface area (Å²) in [7, 11) is 0. The van der Waals surface area contributed by atoms with Crippen LogP contribution < -0.4 is 16.2 Å². The topological polar surface area (TPSA) is 64.2 Å². The first-order valence-corrected chi connectivity index (χ1v) is 8.04. The van der Waals surface area contributed by atoms with E-state index in [4.69, 9.17) is 5.73 Å². The van der Waals surface area contributed by atoms with Crippen LogP contribution in [0.15, 0.2) is 17.1 Å². The lowest BCUT2D eigenvalue weighted by Gasteiger charge is -2.28. The van der Waals surface area contributed by atoms with Gasteiger partial charge in [-0.15, -0.1) is 0 Å². The van der Waals surface area contributed by atoms with Crippen LogP contribution in [-0.4, -0.2) is 29.4 Å². The zero-order chi connectivity index (χ0) is 15.3. The van der Waals surface area contributed by atoms with Crippen LogP contribution in [0.4, 0.5) is 5.69 Å². The Hall–Kier alpha value is -1.36. The summed E-state index contributed by atoms with van der Waals surface area (Å²) in [4.78, 5) is 14.4. The van der Waals surface area contributed by atoms with E-state index >= 15 is 0 Å². The Bertz CT molecular complexity index is 503. The van der Waals surface area contributed by atoms with Crippen molar-refractivity contribution in [1.82, 2.24) is 9.78 Å². The average molecular weight is 292 g/mol. The highest BCUT2D eigenvalue weighted by Gasteiger charge is 2.15. The second kappa shape index (κ2) is 7.07. The highest BCUT2D eigenvalue weighted by atomic mass is 16.1. The molecule has 118 valence electrons. The Morgan fingerprint density at radius 2 is 2.00 bits per heavy atom. The number of piperidine rings is 1. The van der Waals surface area contributed by atoms with E-state index in [9.17, 15) is 4.79 Å². The molecule has 0 spiro atoms. The average Bonchev–Trinajstić information content (AvgIpc) is 2.49. The quantitative estimate of drug-likeness (QED) is 0.871. The summed E-state index contributed by atoms with van der Waals surface area (Å²) >= 11 is 0. The molecule has 0 aromatic carbocycles. The largest absolute Gasteiger partial charge is 0.370 e. The highest BCUT2D eigenvalue weighted by Crippen LogP contribution is 2.20. The normalized spacial score (nSPS) is 16.2. The fourth-order valence-electron chi connectivity index (χ4n) is 2.73. The van der Waals surface area contributed by atoms with Crippen LogP contribution in [0, 0.1) is 5.41 Å². The van der Waals surface area contributed by atoms with E-state index in [0.717, 1.165) is 31.6 Å². The van der Waals surface area contributed by atoms with E-state index < -0.39 is 0 Å². The van der Waals surface area contributed by atoms with Gasteiger partial charge in [-0.05, 0) is 44.1 Å². The first-order valence-electron chi connectivity index (χ1n) is 8.04. The Morgan fingerprint density at radius 1 is 1.29 bits per heavy atom. The molecule has 1 aliphatic heterocycles. The number of nitrogens with two attached hydrogens (primary N) is 1. The third-order valence-corrected chi connectivity index (χ3v) is 4.35. The lowest BCUT2D eigenvalue weighted by molar-refractivity contribution is 0.322. The molecule has 0 saturated carbocycles. The summed E-state index contributed by atoms with van der Waals surface area (Å²) in [5, 5.41) is 4.33. The van der Waals surface area contributed by atoms with Crippen LogP contribution in [-0.2, 0) is 6.54 Å². The van der Waals surface area contributed by atoms with E-state index in [1.807, 2.05) is 6.20 Å². The lowest BCUT2D eigenvalue weighted by atomic mass is 9.88. The van der Waals surface area contributed by atoms with Crippen molar-refractivity contribution in [2.75, 3.05) is 24.5 Å². The minimum atomic E-state index is 0.00336. The maximum absolute atomic E-state index is 12.2. The number of anilines is 1. The van der Waals surface area contributed by atoms with Gasteiger partial charge in [-0.25, -0.2) is 4.68 Å². The minimum Gasteiger partial charge on any atom is -0.370 e. The molecule has 0 atom stereocenters. The molecule has 5 nitrogen and oxygen atoms in total. The van der Waals surface area contributed by atoms with Gasteiger partial charge in [0.25, 0.3) is 5.56 Å². The minimum absolute atomic E-state index is 0.00336. The van der Waals surface area contributed by atoms with E-state index in [2.05, 4.69) is 23.8 Å². The molecule has 0 amide bonds. The fourth-order valence-corrected chi connectivity index (χ4v) is 2.73. The number of rotatable bonds is 6. The van der Waals surface area contributed by atoms with Crippen molar-refractivity contribution in [3.05, 3.63) is 22.6 Å². The number of aryl methyl sites for hydroxylation is 1. The molecule has 2 heterocycles. The Morgan fingerprint density at radius 3 is 2.62 bits per heavy atom. The first kappa shape index (κ1) is 16.0. The van der Waals surface area contributed by atoms with Crippen molar-refractivity contribution < 1.29 is 0 Å². The van der Waals surface area contributed by atoms with Crippen molar-refractivity contribution in [1.29, 1.82) is 0 Å². The maximum atomic E-state index is 12.2. The third kappa shape index (κ3) is 4.56. The van der Waals surface area contributed by atoms with Crippen LogP contribution in [0.5, 0.6) is 0 Å². The van der Waals surface area contributed by atoms with Gasteiger partial charge in [-0.1, -0.05) is 13.8 Å². The monoisotopic (exact) mass is 292 g/mol. The SMILES string of the molecule is CC(C)(CN)CCCn1ncc(N2CCCCC2)cc1=O. The van der Waals surface area contributed by atoms with Gasteiger partial charge in [0.05, 0.1) is 11.9 Å². The molecule has 0 aliphatic carbocycles. The summed E-state index contributed by atoms with van der Waals surface area (Å²) in [5.41, 5.74) is 6.84. The Labute approximate surface area is 127 Å². The van der Waals surface area contributed by atoms with Gasteiger partial charge in [0.15, 0.2) is 0 Å². The summed E-state index contributed by atoms with van der Waals surface area (Å²) in [6, 6.07) is 1.73. The zero-order valence-electron chi connectivity index (χ0n) is 13.3. The van der Waals surface area contributed by atoms with E-state index in [1.165, 1.54) is 19.3 Å². The molecule has 1 aromatic heterocycles. The molecular weight excluding hydrogens is 264 g/mol. The predicted molar refractivity (Wildman–Crippen MR) is 86.6 cm³/mol. The molecular formula is C16H28N4O. The third-order valence-electron chi connectivity index (χ3n) is 4.35. The Balaban J connectivity index is 1.94. The van der Waals surface area contributed by atoms with E-state index in [-0.39, 0.29) is 11.0 Å². The van der Waals surface area contributed by atoms with Crippen LogP contribution in [0.3, 0.4) is 0 Å². The van der Waals surface area contributed by atoms with Crippen molar-refractivity contribution in [2.45, 2.75) is 52.5 Å². The Kier molecular flexibility index (Phi) is 5.39. The van der Waals surface area contributed by atoms with Crippen molar-refractivity contribution in [3.8, 4) is 0 Å². The second-order valence-corrected chi connectivity index (χ2v) is 6.79. The van der Waals surface area contributed by atoms with Gasteiger partial charge in [-0.3, -0.25) is 4.79 Å². The van der Waals surface area contributed by atoms with Gasteiger partial charge < -0.3 is 10.6 Å². The van der Waals surface area contributed by atoms with Crippen LogP contribution in [0.25, 0.3) is 0 Å². The van der Waals surface area contributed by atoms with Gasteiger partial charge in [0, 0.05) is 25.7 Å². The summed E-state index contributed by atoms with van der Waals surface area (Å²) in [5.74, 6) is 0. The second-order valence-electron chi connectivity index (χ2n) is 6.79. The van der Waals surface area contributed by atoms with Gasteiger partial charge in [-0.2, -0.15) is 5.10 Å². The first-order chi connectivity index (χ1) is 10.0. The van der Waals surface area contributed by atoms with Crippen LogP contribution in [0.2, 0.25) is 0 Å². The molecule has 1 aliphatic rings. The number of hydrogen-bond donors (Lipinski definition) is 1. The van der Waals surface area contributed by atoms with E-state index in [1.54, 1.807) is 10.7 Å². The molecule has 0 unspecified atom stereocenters. The number of aromatic nitrogens is 2. The highest BCUT2D eigenvalue weighted by molar-refractivity contribution is 5.43. The maximum Gasteiger partial charge on any atom is 0.268 e. The van der Waals surface area contributed by atoms with Gasteiger partial charge in [0.1, 0.15) is 0 Å².